The topological polar surface area (TPSA) is 40.1 Å². The molecule has 0 saturated carbocycles. The number of allylic oxidation sites excluding steroid dienone is 1. The fourth-order valence-corrected chi connectivity index (χ4v) is 1.05. The predicted octanol–water partition coefficient (Wildman–Crippen LogP) is -1.91. The molecule has 64 valence electrons. The molecule has 0 aromatic rings. The molecule has 0 fully saturated rings. The van der Waals surface area contributed by atoms with Crippen LogP contribution in [0.25, 0.3) is 0 Å². The van der Waals surface area contributed by atoms with Gasteiger partial charge in [-0.3, -0.25) is 0 Å². The van der Waals surface area contributed by atoms with Gasteiger partial charge in [0.2, 0.25) is 0 Å². The van der Waals surface area contributed by atoms with Gasteiger partial charge in [-0.2, -0.15) is 0 Å². The third-order valence-electron chi connectivity index (χ3n) is 1.32. The van der Waals surface area contributed by atoms with E-state index in [1.165, 1.54) is 0 Å². The molecule has 12 heavy (non-hydrogen) atoms. The van der Waals surface area contributed by atoms with Gasteiger partial charge in [-0.15, -0.1) is 18.2 Å². The van der Waals surface area contributed by atoms with E-state index in [2.05, 4.69) is 6.58 Å². The maximum atomic E-state index is 9.96. The Morgan fingerprint density at radius 3 is 2.67 bits per heavy atom. The van der Waals surface area contributed by atoms with Crippen molar-refractivity contribution in [2.24, 2.45) is 0 Å². The molecule has 0 aromatic heterocycles. The monoisotopic (exact) mass is 198 g/mol. The van der Waals surface area contributed by atoms with Crippen LogP contribution in [0.4, 0.5) is 0 Å². The first kappa shape index (κ1) is 15.0. The zero-order chi connectivity index (χ0) is 8.69. The summed E-state index contributed by atoms with van der Waals surface area (Å²) >= 11 is 5.78. The molecule has 0 radical (unpaired) electrons. The molecule has 0 saturated heterocycles. The standard InChI is InChI=1S/C8H13ClO2.Na/c1-2-4-7(9)5-3-6-8(10)11;/h2,7H,1,3-6H2,(H,10,11);/q;+1/p-1. The van der Waals surface area contributed by atoms with Gasteiger partial charge < -0.3 is 9.90 Å². The molecular formula is C8H12ClNaO2. The van der Waals surface area contributed by atoms with Gasteiger partial charge >= 0.3 is 29.6 Å². The van der Waals surface area contributed by atoms with Crippen molar-refractivity contribution in [2.45, 2.75) is 31.1 Å². The molecular weight excluding hydrogens is 187 g/mol. The summed E-state index contributed by atoms with van der Waals surface area (Å²) in [6.07, 6.45) is 3.86. The average molecular weight is 199 g/mol. The van der Waals surface area contributed by atoms with E-state index in [9.17, 15) is 9.90 Å². The second-order valence-electron chi connectivity index (χ2n) is 2.39. The van der Waals surface area contributed by atoms with Crippen molar-refractivity contribution in [3.63, 3.8) is 0 Å². The van der Waals surface area contributed by atoms with Gasteiger partial charge in [0.15, 0.2) is 0 Å². The summed E-state index contributed by atoms with van der Waals surface area (Å²) in [6.45, 7) is 3.53. The summed E-state index contributed by atoms with van der Waals surface area (Å²) in [5.74, 6) is -1.01. The Morgan fingerprint density at radius 1 is 1.67 bits per heavy atom. The van der Waals surface area contributed by atoms with Crippen LogP contribution >= 0.6 is 11.6 Å². The molecule has 0 spiro atoms. The Morgan fingerprint density at radius 2 is 2.25 bits per heavy atom. The Labute approximate surface area is 100 Å². The molecule has 2 nitrogen and oxygen atoms in total. The van der Waals surface area contributed by atoms with Crippen molar-refractivity contribution in [1.29, 1.82) is 0 Å². The first-order valence-electron chi connectivity index (χ1n) is 3.61. The van der Waals surface area contributed by atoms with Gasteiger partial charge in [0.25, 0.3) is 0 Å². The number of carbonyl (C=O) groups is 1. The summed E-state index contributed by atoms with van der Waals surface area (Å²) in [5, 5.41) is 9.98. The average Bonchev–Trinajstić information content (AvgIpc) is 1.87. The number of carboxylic acid groups (broad SMARTS) is 1. The predicted molar refractivity (Wildman–Crippen MR) is 43.3 cm³/mol. The fraction of sp³-hybridized carbons (Fsp3) is 0.625. The van der Waals surface area contributed by atoms with Crippen molar-refractivity contribution in [3.8, 4) is 0 Å². The van der Waals surface area contributed by atoms with E-state index in [4.69, 9.17) is 11.6 Å². The number of carbonyl (C=O) groups excluding carboxylic acids is 1. The van der Waals surface area contributed by atoms with Crippen LogP contribution in [0.2, 0.25) is 0 Å². The van der Waals surface area contributed by atoms with Gasteiger partial charge in [0, 0.05) is 11.3 Å². The van der Waals surface area contributed by atoms with Crippen molar-refractivity contribution in [1.82, 2.24) is 0 Å². The van der Waals surface area contributed by atoms with E-state index in [1.807, 2.05) is 0 Å². The molecule has 0 amide bonds. The third-order valence-corrected chi connectivity index (χ3v) is 1.72. The van der Waals surface area contributed by atoms with E-state index in [1.54, 1.807) is 6.08 Å². The van der Waals surface area contributed by atoms with E-state index < -0.39 is 5.97 Å². The van der Waals surface area contributed by atoms with Crippen molar-refractivity contribution >= 4 is 17.6 Å². The van der Waals surface area contributed by atoms with E-state index in [-0.39, 0.29) is 41.4 Å². The van der Waals surface area contributed by atoms with Crippen LogP contribution in [0.1, 0.15) is 25.7 Å². The summed E-state index contributed by atoms with van der Waals surface area (Å²) in [7, 11) is 0. The minimum absolute atomic E-state index is 0. The Bertz CT molecular complexity index is 139. The van der Waals surface area contributed by atoms with E-state index in [0.717, 1.165) is 6.42 Å². The second-order valence-corrected chi connectivity index (χ2v) is 3.00. The first-order chi connectivity index (χ1) is 5.16. The summed E-state index contributed by atoms with van der Waals surface area (Å²) in [4.78, 5) is 9.96. The minimum atomic E-state index is -1.01. The van der Waals surface area contributed by atoms with Crippen LogP contribution < -0.4 is 34.7 Å². The van der Waals surface area contributed by atoms with Crippen LogP contribution in [-0.4, -0.2) is 11.3 Å². The van der Waals surface area contributed by atoms with Crippen LogP contribution in [-0.2, 0) is 4.79 Å². The molecule has 0 aliphatic heterocycles. The van der Waals surface area contributed by atoms with Crippen molar-refractivity contribution in [2.75, 3.05) is 0 Å². The Hall–Kier alpha value is 0.500. The zero-order valence-electron chi connectivity index (χ0n) is 7.38. The minimum Gasteiger partial charge on any atom is -0.550 e. The summed E-state index contributed by atoms with van der Waals surface area (Å²) < 4.78 is 0. The fourth-order valence-electron chi connectivity index (χ4n) is 0.767. The molecule has 0 heterocycles. The number of rotatable bonds is 6. The second kappa shape index (κ2) is 9.59. The number of aliphatic carboxylic acids is 1. The van der Waals surface area contributed by atoms with E-state index >= 15 is 0 Å². The van der Waals surface area contributed by atoms with Gasteiger partial charge in [0.05, 0.1) is 0 Å². The first-order valence-corrected chi connectivity index (χ1v) is 4.05. The molecule has 1 atom stereocenters. The molecule has 0 aliphatic carbocycles. The molecule has 0 aliphatic rings. The zero-order valence-corrected chi connectivity index (χ0v) is 10.1. The number of hydrogen-bond donors (Lipinski definition) is 0. The summed E-state index contributed by atoms with van der Waals surface area (Å²) in [5.41, 5.74) is 0. The van der Waals surface area contributed by atoms with Crippen LogP contribution in [0.3, 0.4) is 0 Å². The largest absolute Gasteiger partial charge is 1.00 e. The number of carboxylic acids is 1. The normalized spacial score (nSPS) is 11.4. The van der Waals surface area contributed by atoms with Gasteiger partial charge in [0.1, 0.15) is 0 Å². The van der Waals surface area contributed by atoms with Crippen LogP contribution in [0.5, 0.6) is 0 Å². The molecule has 1 unspecified atom stereocenters. The number of halogens is 1. The van der Waals surface area contributed by atoms with Gasteiger partial charge in [-0.25, -0.2) is 0 Å². The van der Waals surface area contributed by atoms with Crippen LogP contribution in [0.15, 0.2) is 12.7 Å². The van der Waals surface area contributed by atoms with E-state index in [0.29, 0.717) is 12.8 Å². The van der Waals surface area contributed by atoms with Crippen molar-refractivity contribution < 1.29 is 39.5 Å². The van der Waals surface area contributed by atoms with Gasteiger partial charge in [-0.05, 0) is 25.7 Å². The Balaban J connectivity index is 0. The molecule has 0 aromatic carbocycles. The smallest absolute Gasteiger partial charge is 0.550 e. The quantitative estimate of drug-likeness (QED) is 0.284. The maximum absolute atomic E-state index is 9.96. The number of hydrogen-bond acceptors (Lipinski definition) is 2. The molecule has 4 heteroatoms. The van der Waals surface area contributed by atoms with Crippen LogP contribution in [0, 0.1) is 0 Å². The van der Waals surface area contributed by atoms with Crippen molar-refractivity contribution in [3.05, 3.63) is 12.7 Å². The molecule has 0 bridgehead atoms. The maximum Gasteiger partial charge on any atom is 1.00 e. The number of alkyl halides is 1. The van der Waals surface area contributed by atoms with Gasteiger partial charge in [-0.1, -0.05) is 6.08 Å². The Kier molecular flexibility index (Phi) is 12.0. The third kappa shape index (κ3) is 10.5. The SMILES string of the molecule is C=CCC(Cl)CCCC(=O)[O-].[Na+]. The molecule has 0 N–H and O–H groups in total. The summed E-state index contributed by atoms with van der Waals surface area (Å²) in [6, 6.07) is 0. The molecule has 0 rings (SSSR count).